The summed E-state index contributed by atoms with van der Waals surface area (Å²) in [6.07, 6.45) is 3.70. The van der Waals surface area contributed by atoms with Crippen molar-refractivity contribution in [1.82, 2.24) is 0 Å². The first-order chi connectivity index (χ1) is 9.24. The van der Waals surface area contributed by atoms with E-state index < -0.39 is 11.4 Å². The minimum Gasteiger partial charge on any atom is -0.481 e. The van der Waals surface area contributed by atoms with Gasteiger partial charge in [0, 0.05) is 10.0 Å². The van der Waals surface area contributed by atoms with Gasteiger partial charge in [-0.3, -0.25) is 4.79 Å². The monoisotopic (exact) mass is 314 g/mol. The number of aliphatic carboxylic acids is 1. The first-order valence-electron chi connectivity index (χ1n) is 6.92. The zero-order valence-electron chi connectivity index (χ0n) is 11.9. The summed E-state index contributed by atoms with van der Waals surface area (Å²) in [7, 11) is 0. The lowest BCUT2D eigenvalue weighted by Gasteiger charge is -2.41. The van der Waals surface area contributed by atoms with Crippen molar-refractivity contribution in [1.29, 1.82) is 0 Å². The third-order valence-electron chi connectivity index (χ3n) is 4.55. The van der Waals surface area contributed by atoms with E-state index in [1.165, 1.54) is 0 Å². The van der Waals surface area contributed by atoms with Gasteiger partial charge in [0.1, 0.15) is 0 Å². The molecule has 0 aromatic heterocycles. The Balaban J connectivity index is 2.27. The molecule has 0 amide bonds. The quantitative estimate of drug-likeness (QED) is 0.831. The molecule has 1 aliphatic rings. The Bertz CT molecular complexity index is 513. The summed E-state index contributed by atoms with van der Waals surface area (Å²) in [4.78, 5) is 11.8. The Morgan fingerprint density at radius 3 is 2.35 bits per heavy atom. The summed E-state index contributed by atoms with van der Waals surface area (Å²) in [6, 6.07) is 5.25. The van der Waals surface area contributed by atoms with Crippen LogP contribution in [0.2, 0.25) is 10.0 Å². The zero-order valence-corrected chi connectivity index (χ0v) is 13.4. The van der Waals surface area contributed by atoms with Crippen LogP contribution in [0, 0.1) is 10.8 Å². The van der Waals surface area contributed by atoms with E-state index in [1.807, 2.05) is 0 Å². The van der Waals surface area contributed by atoms with Crippen LogP contribution in [0.25, 0.3) is 0 Å². The van der Waals surface area contributed by atoms with Crippen molar-refractivity contribution in [3.63, 3.8) is 0 Å². The number of benzene rings is 1. The zero-order chi connectivity index (χ0) is 15.0. The topological polar surface area (TPSA) is 37.3 Å². The standard InChI is InChI=1S/C16H20Cl2O2/c1-15(2)5-7-16(8-6-15,14(19)20)10-11-9-12(17)3-4-13(11)18/h3-4,9H,5-8,10H2,1-2H3,(H,19,20). The maximum absolute atomic E-state index is 11.8. The molecule has 0 aliphatic heterocycles. The fraction of sp³-hybridized carbons (Fsp3) is 0.562. The van der Waals surface area contributed by atoms with E-state index in [1.54, 1.807) is 18.2 Å². The van der Waals surface area contributed by atoms with Gasteiger partial charge < -0.3 is 5.11 Å². The molecule has 20 heavy (non-hydrogen) atoms. The highest BCUT2D eigenvalue weighted by Crippen LogP contribution is 2.47. The smallest absolute Gasteiger partial charge is 0.309 e. The van der Waals surface area contributed by atoms with E-state index in [0.717, 1.165) is 18.4 Å². The van der Waals surface area contributed by atoms with Crippen molar-refractivity contribution in [2.75, 3.05) is 0 Å². The second kappa shape index (κ2) is 5.57. The van der Waals surface area contributed by atoms with Crippen LogP contribution in [0.3, 0.4) is 0 Å². The van der Waals surface area contributed by atoms with E-state index in [4.69, 9.17) is 23.2 Å². The highest BCUT2D eigenvalue weighted by molar-refractivity contribution is 6.33. The number of carboxylic acid groups (broad SMARTS) is 1. The van der Waals surface area contributed by atoms with Crippen LogP contribution in [0.5, 0.6) is 0 Å². The molecule has 1 saturated carbocycles. The minimum atomic E-state index is -0.718. The Hall–Kier alpha value is -0.730. The van der Waals surface area contributed by atoms with Gasteiger partial charge >= 0.3 is 5.97 Å². The fourth-order valence-corrected chi connectivity index (χ4v) is 3.29. The van der Waals surface area contributed by atoms with Crippen LogP contribution in [0.15, 0.2) is 18.2 Å². The lowest BCUT2D eigenvalue weighted by Crippen LogP contribution is -2.39. The van der Waals surface area contributed by atoms with E-state index in [9.17, 15) is 9.90 Å². The Labute approximate surface area is 130 Å². The second-order valence-electron chi connectivity index (χ2n) is 6.66. The van der Waals surface area contributed by atoms with Crippen molar-refractivity contribution < 1.29 is 9.90 Å². The number of rotatable bonds is 3. The maximum Gasteiger partial charge on any atom is 0.309 e. The first kappa shape index (κ1) is 15.7. The molecule has 1 aromatic carbocycles. The molecule has 1 aromatic rings. The number of halogens is 2. The van der Waals surface area contributed by atoms with E-state index in [2.05, 4.69) is 13.8 Å². The van der Waals surface area contributed by atoms with Gasteiger partial charge in [-0.2, -0.15) is 0 Å². The van der Waals surface area contributed by atoms with Gasteiger partial charge in [0.25, 0.3) is 0 Å². The van der Waals surface area contributed by atoms with Crippen molar-refractivity contribution in [3.8, 4) is 0 Å². The van der Waals surface area contributed by atoms with Crippen LogP contribution >= 0.6 is 23.2 Å². The van der Waals surface area contributed by atoms with E-state index in [0.29, 0.717) is 29.3 Å². The van der Waals surface area contributed by atoms with E-state index >= 15 is 0 Å². The molecule has 0 radical (unpaired) electrons. The Kier molecular flexibility index (Phi) is 4.36. The lowest BCUT2D eigenvalue weighted by atomic mass is 9.63. The minimum absolute atomic E-state index is 0.233. The van der Waals surface area contributed by atoms with Gasteiger partial charge in [-0.05, 0) is 61.3 Å². The molecule has 2 nitrogen and oxygen atoms in total. The molecule has 2 rings (SSSR count). The predicted octanol–water partition coefficient (Wildman–Crippen LogP) is 5.21. The van der Waals surface area contributed by atoms with Crippen molar-refractivity contribution in [2.45, 2.75) is 46.0 Å². The highest BCUT2D eigenvalue weighted by Gasteiger charge is 2.44. The molecule has 1 fully saturated rings. The number of hydrogen-bond donors (Lipinski definition) is 1. The number of hydrogen-bond acceptors (Lipinski definition) is 1. The average Bonchev–Trinajstić information content (AvgIpc) is 2.36. The van der Waals surface area contributed by atoms with Gasteiger partial charge in [0.2, 0.25) is 0 Å². The molecule has 1 N–H and O–H groups in total. The third-order valence-corrected chi connectivity index (χ3v) is 5.15. The summed E-state index contributed by atoms with van der Waals surface area (Å²) >= 11 is 12.2. The molecular weight excluding hydrogens is 295 g/mol. The average molecular weight is 315 g/mol. The number of carboxylic acids is 1. The molecule has 0 unspecified atom stereocenters. The highest BCUT2D eigenvalue weighted by atomic mass is 35.5. The van der Waals surface area contributed by atoms with Gasteiger partial charge in [0.05, 0.1) is 5.41 Å². The first-order valence-corrected chi connectivity index (χ1v) is 7.67. The largest absolute Gasteiger partial charge is 0.481 e. The predicted molar refractivity (Wildman–Crippen MR) is 82.5 cm³/mol. The summed E-state index contributed by atoms with van der Waals surface area (Å²) in [5, 5.41) is 10.9. The Morgan fingerprint density at radius 1 is 1.20 bits per heavy atom. The molecule has 1 aliphatic carbocycles. The maximum atomic E-state index is 11.8. The van der Waals surface area contributed by atoms with Gasteiger partial charge in [-0.1, -0.05) is 37.0 Å². The molecule has 4 heteroatoms. The van der Waals surface area contributed by atoms with Crippen LogP contribution in [-0.4, -0.2) is 11.1 Å². The SMILES string of the molecule is CC1(C)CCC(Cc2cc(Cl)ccc2Cl)(C(=O)O)CC1. The van der Waals surface area contributed by atoms with Crippen molar-refractivity contribution in [3.05, 3.63) is 33.8 Å². The molecule has 110 valence electrons. The van der Waals surface area contributed by atoms with Gasteiger partial charge in [-0.15, -0.1) is 0 Å². The third kappa shape index (κ3) is 3.29. The van der Waals surface area contributed by atoms with Crippen molar-refractivity contribution >= 4 is 29.2 Å². The van der Waals surface area contributed by atoms with Gasteiger partial charge in [-0.25, -0.2) is 0 Å². The molecule has 0 bridgehead atoms. The van der Waals surface area contributed by atoms with Crippen LogP contribution < -0.4 is 0 Å². The number of carbonyl (C=O) groups is 1. The Morgan fingerprint density at radius 2 is 1.80 bits per heavy atom. The summed E-state index contributed by atoms with van der Waals surface area (Å²) in [5.41, 5.74) is 0.363. The normalized spacial score (nSPS) is 20.6. The molecule has 0 heterocycles. The second-order valence-corrected chi connectivity index (χ2v) is 7.51. The molecule has 0 spiro atoms. The van der Waals surface area contributed by atoms with Crippen molar-refractivity contribution in [2.24, 2.45) is 10.8 Å². The van der Waals surface area contributed by atoms with Crippen LogP contribution in [0.4, 0.5) is 0 Å². The molecule has 0 atom stereocenters. The molecular formula is C16H20Cl2O2. The van der Waals surface area contributed by atoms with Crippen LogP contribution in [0.1, 0.15) is 45.1 Å². The van der Waals surface area contributed by atoms with Gasteiger partial charge in [0.15, 0.2) is 0 Å². The molecule has 0 saturated heterocycles. The van der Waals surface area contributed by atoms with E-state index in [-0.39, 0.29) is 5.41 Å². The van der Waals surface area contributed by atoms with Crippen LogP contribution in [-0.2, 0) is 11.2 Å². The lowest BCUT2D eigenvalue weighted by molar-refractivity contribution is -0.152. The fourth-order valence-electron chi connectivity index (χ4n) is 2.91. The summed E-state index contributed by atoms with van der Waals surface area (Å²) < 4.78 is 0. The summed E-state index contributed by atoms with van der Waals surface area (Å²) in [6.45, 7) is 4.40. The summed E-state index contributed by atoms with van der Waals surface area (Å²) in [5.74, 6) is -0.718.